The first-order valence-corrected chi connectivity index (χ1v) is 8.81. The molecule has 0 saturated heterocycles. The summed E-state index contributed by atoms with van der Waals surface area (Å²) in [6.45, 7) is 1.15. The van der Waals surface area contributed by atoms with Crippen LogP contribution in [-0.2, 0) is 6.42 Å². The minimum Gasteiger partial charge on any atom is -0.493 e. The molecule has 27 heavy (non-hydrogen) atoms. The predicted octanol–water partition coefficient (Wildman–Crippen LogP) is 2.71. The Kier molecular flexibility index (Phi) is 6.27. The number of methoxy groups -OCH3 is 2. The van der Waals surface area contributed by atoms with Crippen molar-refractivity contribution >= 4 is 22.7 Å². The number of rotatable bonds is 9. The normalized spacial score (nSPS) is 10.6. The Labute approximate surface area is 158 Å². The van der Waals surface area contributed by atoms with E-state index in [1.807, 2.05) is 42.5 Å². The first-order valence-electron chi connectivity index (χ1n) is 8.81. The van der Waals surface area contributed by atoms with Crippen LogP contribution in [0.5, 0.6) is 11.5 Å². The summed E-state index contributed by atoms with van der Waals surface area (Å²) >= 11 is 0. The largest absolute Gasteiger partial charge is 0.493 e. The van der Waals surface area contributed by atoms with Crippen LogP contribution in [0, 0.1) is 0 Å². The van der Waals surface area contributed by atoms with Crippen molar-refractivity contribution in [1.82, 2.24) is 9.97 Å². The van der Waals surface area contributed by atoms with Crippen LogP contribution in [0.15, 0.2) is 42.5 Å². The summed E-state index contributed by atoms with van der Waals surface area (Å²) < 4.78 is 10.6. The second-order valence-corrected chi connectivity index (χ2v) is 5.93. The number of nitrogens with one attached hydrogen (secondary N) is 2. The second kappa shape index (κ2) is 9.05. The Hall–Kier alpha value is -3.06. The molecule has 1 aromatic heterocycles. The van der Waals surface area contributed by atoms with E-state index in [1.54, 1.807) is 14.2 Å². The molecule has 0 bridgehead atoms. The van der Waals surface area contributed by atoms with Crippen LogP contribution >= 0.6 is 0 Å². The van der Waals surface area contributed by atoms with Gasteiger partial charge in [-0.3, -0.25) is 0 Å². The average molecular weight is 368 g/mol. The molecule has 0 amide bonds. The summed E-state index contributed by atoms with van der Waals surface area (Å²) in [5, 5.41) is 16.4. The third-order valence-corrected chi connectivity index (χ3v) is 4.15. The van der Waals surface area contributed by atoms with Gasteiger partial charge in [0.25, 0.3) is 0 Å². The van der Waals surface area contributed by atoms with E-state index in [0.29, 0.717) is 36.4 Å². The highest BCUT2D eigenvalue weighted by Gasteiger charge is 2.08. The van der Waals surface area contributed by atoms with Gasteiger partial charge in [-0.2, -0.15) is 4.98 Å². The van der Waals surface area contributed by atoms with Gasteiger partial charge in [-0.15, -0.1) is 0 Å². The van der Waals surface area contributed by atoms with Gasteiger partial charge in [0, 0.05) is 18.5 Å². The molecule has 3 rings (SSSR count). The van der Waals surface area contributed by atoms with Crippen molar-refractivity contribution in [3.05, 3.63) is 48.0 Å². The van der Waals surface area contributed by atoms with E-state index in [1.165, 1.54) is 0 Å². The Morgan fingerprint density at radius 2 is 1.74 bits per heavy atom. The predicted molar refractivity (Wildman–Crippen MR) is 107 cm³/mol. The molecule has 3 N–H and O–H groups in total. The van der Waals surface area contributed by atoms with E-state index in [-0.39, 0.29) is 6.61 Å². The minimum atomic E-state index is 0.0421. The van der Waals surface area contributed by atoms with E-state index in [0.717, 1.165) is 22.9 Å². The number of hydrogen-bond acceptors (Lipinski definition) is 7. The molecule has 3 aromatic rings. The lowest BCUT2D eigenvalue weighted by Gasteiger charge is -2.12. The Bertz CT molecular complexity index is 902. The maximum atomic E-state index is 9.08. The number of para-hydroxylation sites is 1. The molecule has 0 saturated carbocycles. The van der Waals surface area contributed by atoms with Gasteiger partial charge in [-0.05, 0) is 36.2 Å². The van der Waals surface area contributed by atoms with Gasteiger partial charge in [0.05, 0.1) is 26.3 Å². The number of aromatic nitrogens is 2. The summed E-state index contributed by atoms with van der Waals surface area (Å²) in [5.41, 5.74) is 1.97. The van der Waals surface area contributed by atoms with Crippen molar-refractivity contribution in [2.24, 2.45) is 0 Å². The van der Waals surface area contributed by atoms with Crippen molar-refractivity contribution in [2.45, 2.75) is 6.42 Å². The minimum absolute atomic E-state index is 0.0421. The number of aliphatic hydroxyl groups excluding tert-OH is 1. The molecule has 0 unspecified atom stereocenters. The molecule has 1 heterocycles. The van der Waals surface area contributed by atoms with Gasteiger partial charge < -0.3 is 25.2 Å². The lowest BCUT2D eigenvalue weighted by Crippen LogP contribution is -2.12. The van der Waals surface area contributed by atoms with Gasteiger partial charge in [-0.25, -0.2) is 4.98 Å². The summed E-state index contributed by atoms with van der Waals surface area (Å²) in [6, 6.07) is 13.7. The highest BCUT2D eigenvalue weighted by Crippen LogP contribution is 2.27. The molecule has 0 atom stereocenters. The number of aliphatic hydroxyl groups is 1. The summed E-state index contributed by atoms with van der Waals surface area (Å²) in [6.07, 6.45) is 0.788. The van der Waals surface area contributed by atoms with Crippen LogP contribution in [0.2, 0.25) is 0 Å². The van der Waals surface area contributed by atoms with E-state index in [9.17, 15) is 0 Å². The average Bonchev–Trinajstić information content (AvgIpc) is 2.71. The maximum absolute atomic E-state index is 9.08. The van der Waals surface area contributed by atoms with Gasteiger partial charge >= 0.3 is 0 Å². The van der Waals surface area contributed by atoms with E-state index in [2.05, 4.69) is 20.6 Å². The molecule has 2 aromatic carbocycles. The number of benzene rings is 2. The zero-order valence-electron chi connectivity index (χ0n) is 15.5. The van der Waals surface area contributed by atoms with Gasteiger partial charge in [0.15, 0.2) is 11.5 Å². The molecule has 0 aliphatic carbocycles. The zero-order chi connectivity index (χ0) is 19.1. The number of hydrogen-bond donors (Lipinski definition) is 3. The standard InChI is InChI=1S/C20H24N4O3/c1-26-17-8-7-14(13-18(17)27-2)9-10-22-20-23-16-6-4-3-5-15(16)19(24-20)21-11-12-25/h3-8,13,25H,9-12H2,1-2H3,(H2,21,22,23,24). The van der Waals surface area contributed by atoms with Crippen molar-refractivity contribution in [1.29, 1.82) is 0 Å². The zero-order valence-corrected chi connectivity index (χ0v) is 15.5. The fourth-order valence-corrected chi connectivity index (χ4v) is 2.82. The second-order valence-electron chi connectivity index (χ2n) is 5.93. The highest BCUT2D eigenvalue weighted by molar-refractivity contribution is 5.90. The highest BCUT2D eigenvalue weighted by atomic mass is 16.5. The van der Waals surface area contributed by atoms with Crippen LogP contribution in [0.3, 0.4) is 0 Å². The fourth-order valence-electron chi connectivity index (χ4n) is 2.82. The summed E-state index contributed by atoms with van der Waals surface area (Å²) in [7, 11) is 3.25. The molecular weight excluding hydrogens is 344 g/mol. The van der Waals surface area contributed by atoms with Gasteiger partial charge in [-0.1, -0.05) is 18.2 Å². The molecule has 0 aliphatic heterocycles. The van der Waals surface area contributed by atoms with E-state index < -0.39 is 0 Å². The summed E-state index contributed by atoms with van der Waals surface area (Å²) in [4.78, 5) is 9.11. The number of nitrogens with zero attached hydrogens (tertiary/aromatic N) is 2. The summed E-state index contributed by atoms with van der Waals surface area (Å²) in [5.74, 6) is 2.69. The Morgan fingerprint density at radius 1 is 0.926 bits per heavy atom. The van der Waals surface area contributed by atoms with Gasteiger partial charge in [0.2, 0.25) is 5.95 Å². The Morgan fingerprint density at radius 3 is 2.52 bits per heavy atom. The molecule has 0 fully saturated rings. The third kappa shape index (κ3) is 4.57. The maximum Gasteiger partial charge on any atom is 0.225 e. The van der Waals surface area contributed by atoms with Crippen molar-refractivity contribution in [3.8, 4) is 11.5 Å². The molecule has 7 nitrogen and oxygen atoms in total. The number of fused-ring (bicyclic) bond motifs is 1. The molecule has 0 spiro atoms. The van der Waals surface area contributed by atoms with Crippen LogP contribution in [0.25, 0.3) is 10.9 Å². The molecule has 142 valence electrons. The topological polar surface area (TPSA) is 88.5 Å². The monoisotopic (exact) mass is 368 g/mol. The first kappa shape index (κ1) is 18.7. The van der Waals surface area contributed by atoms with Crippen LogP contribution < -0.4 is 20.1 Å². The molecule has 0 aliphatic rings. The van der Waals surface area contributed by atoms with Crippen molar-refractivity contribution < 1.29 is 14.6 Å². The van der Waals surface area contributed by atoms with E-state index >= 15 is 0 Å². The molecule has 7 heteroatoms. The van der Waals surface area contributed by atoms with Crippen LogP contribution in [0.1, 0.15) is 5.56 Å². The third-order valence-electron chi connectivity index (χ3n) is 4.15. The molecule has 0 radical (unpaired) electrons. The van der Waals surface area contributed by atoms with Crippen molar-refractivity contribution in [2.75, 3.05) is 44.5 Å². The Balaban J connectivity index is 1.71. The van der Waals surface area contributed by atoms with Crippen LogP contribution in [0.4, 0.5) is 11.8 Å². The fraction of sp³-hybridized carbons (Fsp3) is 0.300. The number of ether oxygens (including phenoxy) is 2. The lowest BCUT2D eigenvalue weighted by molar-refractivity contribution is 0.311. The van der Waals surface area contributed by atoms with Gasteiger partial charge in [0.1, 0.15) is 5.82 Å². The smallest absolute Gasteiger partial charge is 0.225 e. The van der Waals surface area contributed by atoms with Crippen molar-refractivity contribution in [3.63, 3.8) is 0 Å². The van der Waals surface area contributed by atoms with Crippen LogP contribution in [-0.4, -0.2) is 49.0 Å². The lowest BCUT2D eigenvalue weighted by atomic mass is 10.1. The quantitative estimate of drug-likeness (QED) is 0.535. The van der Waals surface area contributed by atoms with E-state index in [4.69, 9.17) is 14.6 Å². The first-order chi connectivity index (χ1) is 13.2. The molecular formula is C20H24N4O3. The number of anilines is 2. The SMILES string of the molecule is COc1ccc(CCNc2nc(NCCO)c3ccccc3n2)cc1OC.